The number of hydrogen-bond acceptors (Lipinski definition) is 4. The summed E-state index contributed by atoms with van der Waals surface area (Å²) in [7, 11) is 0. The molecule has 2 aliphatic rings. The minimum Gasteiger partial charge on any atom is -0.383 e. The molecule has 1 N–H and O–H groups in total. The van der Waals surface area contributed by atoms with E-state index in [9.17, 15) is 5.11 Å². The fraction of sp³-hybridized carbons (Fsp3) is 0.846. The number of aromatic nitrogens is 3. The summed E-state index contributed by atoms with van der Waals surface area (Å²) in [4.78, 5) is 0. The molecule has 0 aromatic carbocycles. The highest BCUT2D eigenvalue weighted by Crippen LogP contribution is 2.36. The lowest BCUT2D eigenvalue weighted by molar-refractivity contribution is -0.0706. The summed E-state index contributed by atoms with van der Waals surface area (Å²) in [5, 5.41) is 19.0. The molecule has 1 saturated heterocycles. The molecule has 2 heterocycles. The Balaban J connectivity index is 1.80. The molecule has 1 saturated carbocycles. The minimum absolute atomic E-state index is 0.453. The van der Waals surface area contributed by atoms with Crippen molar-refractivity contribution in [3.8, 4) is 0 Å². The maximum atomic E-state index is 10.6. The first-order valence-corrected chi connectivity index (χ1v) is 6.91. The Morgan fingerprint density at radius 3 is 2.83 bits per heavy atom. The van der Waals surface area contributed by atoms with Crippen molar-refractivity contribution in [2.75, 3.05) is 13.2 Å². The van der Waals surface area contributed by atoms with Crippen LogP contribution in [0.4, 0.5) is 0 Å². The molecule has 5 nitrogen and oxygen atoms in total. The minimum atomic E-state index is -0.835. The van der Waals surface area contributed by atoms with Crippen molar-refractivity contribution in [3.05, 3.63) is 11.9 Å². The van der Waals surface area contributed by atoms with Crippen molar-refractivity contribution < 1.29 is 9.84 Å². The second-order valence-corrected chi connectivity index (χ2v) is 5.70. The lowest BCUT2D eigenvalue weighted by Crippen LogP contribution is -2.33. The molecular weight excluding hydrogens is 230 g/mol. The van der Waals surface area contributed by atoms with E-state index in [4.69, 9.17) is 4.74 Å². The summed E-state index contributed by atoms with van der Waals surface area (Å²) < 4.78 is 7.25. The number of nitrogens with zero attached hydrogens (tertiary/aromatic N) is 3. The third kappa shape index (κ3) is 2.06. The zero-order valence-corrected chi connectivity index (χ0v) is 10.9. The van der Waals surface area contributed by atoms with Crippen molar-refractivity contribution in [2.24, 2.45) is 5.92 Å². The smallest absolute Gasteiger partial charge is 0.114 e. The Labute approximate surface area is 107 Å². The molecule has 5 heteroatoms. The van der Waals surface area contributed by atoms with Gasteiger partial charge in [0.1, 0.15) is 11.3 Å². The largest absolute Gasteiger partial charge is 0.383 e. The van der Waals surface area contributed by atoms with Crippen molar-refractivity contribution in [2.45, 2.75) is 50.7 Å². The van der Waals surface area contributed by atoms with Gasteiger partial charge in [0.2, 0.25) is 0 Å². The molecule has 1 aromatic heterocycles. The van der Waals surface area contributed by atoms with Gasteiger partial charge in [-0.15, -0.1) is 5.10 Å². The van der Waals surface area contributed by atoms with Crippen LogP contribution in [0.25, 0.3) is 0 Å². The highest BCUT2D eigenvalue weighted by Gasteiger charge is 2.36. The lowest BCUT2D eigenvalue weighted by Gasteiger charge is -2.29. The van der Waals surface area contributed by atoms with Gasteiger partial charge in [0.15, 0.2) is 0 Å². The van der Waals surface area contributed by atoms with Crippen LogP contribution in [0.3, 0.4) is 0 Å². The average Bonchev–Trinajstić information content (AvgIpc) is 2.98. The van der Waals surface area contributed by atoms with Crippen LogP contribution in [0, 0.1) is 5.92 Å². The summed E-state index contributed by atoms with van der Waals surface area (Å²) >= 11 is 0. The Bertz CT molecular complexity index is 412. The van der Waals surface area contributed by atoms with Crippen molar-refractivity contribution >= 4 is 0 Å². The predicted octanol–water partition coefficient (Wildman–Crippen LogP) is 1.64. The van der Waals surface area contributed by atoms with E-state index in [1.54, 1.807) is 0 Å². The molecule has 2 fully saturated rings. The SMILES string of the molecule is CC1CCCC1n1cc(C2(O)CCOCC2)nn1. The molecule has 1 aliphatic heterocycles. The molecule has 0 radical (unpaired) electrons. The number of aliphatic hydroxyl groups is 1. The average molecular weight is 251 g/mol. The maximum absolute atomic E-state index is 10.6. The van der Waals surface area contributed by atoms with E-state index in [1.165, 1.54) is 19.3 Å². The van der Waals surface area contributed by atoms with E-state index >= 15 is 0 Å². The molecule has 1 aromatic rings. The van der Waals surface area contributed by atoms with Gasteiger partial charge in [0.05, 0.1) is 12.2 Å². The van der Waals surface area contributed by atoms with Gasteiger partial charge >= 0.3 is 0 Å². The van der Waals surface area contributed by atoms with E-state index in [0.717, 1.165) is 0 Å². The summed E-state index contributed by atoms with van der Waals surface area (Å²) in [5.41, 5.74) is -0.122. The van der Waals surface area contributed by atoms with Gasteiger partial charge in [-0.05, 0) is 18.8 Å². The van der Waals surface area contributed by atoms with Gasteiger partial charge in [-0.1, -0.05) is 18.6 Å². The molecule has 0 spiro atoms. The maximum Gasteiger partial charge on any atom is 0.114 e. The van der Waals surface area contributed by atoms with E-state index in [0.29, 0.717) is 43.7 Å². The summed E-state index contributed by atoms with van der Waals surface area (Å²) in [6.45, 7) is 3.47. The molecule has 0 amide bonds. The summed E-state index contributed by atoms with van der Waals surface area (Å²) in [6, 6.07) is 0.453. The number of ether oxygens (including phenoxy) is 1. The van der Waals surface area contributed by atoms with Gasteiger partial charge in [-0.3, -0.25) is 0 Å². The van der Waals surface area contributed by atoms with E-state index < -0.39 is 5.60 Å². The van der Waals surface area contributed by atoms with Crippen LogP contribution in [0.5, 0.6) is 0 Å². The van der Waals surface area contributed by atoms with Gasteiger partial charge in [0, 0.05) is 26.1 Å². The number of hydrogen-bond donors (Lipinski definition) is 1. The molecule has 3 rings (SSSR count). The van der Waals surface area contributed by atoms with Gasteiger partial charge in [-0.25, -0.2) is 4.68 Å². The highest BCUT2D eigenvalue weighted by molar-refractivity contribution is 5.08. The van der Waals surface area contributed by atoms with Crippen LogP contribution in [0.2, 0.25) is 0 Å². The summed E-state index contributed by atoms with van der Waals surface area (Å²) in [5.74, 6) is 0.656. The second-order valence-electron chi connectivity index (χ2n) is 5.70. The molecule has 2 atom stereocenters. The Kier molecular flexibility index (Phi) is 3.11. The first-order chi connectivity index (χ1) is 8.69. The quantitative estimate of drug-likeness (QED) is 0.868. The summed E-state index contributed by atoms with van der Waals surface area (Å²) in [6.07, 6.45) is 6.87. The molecule has 0 bridgehead atoms. The van der Waals surface area contributed by atoms with Crippen LogP contribution < -0.4 is 0 Å². The molecular formula is C13H21N3O2. The van der Waals surface area contributed by atoms with E-state index in [1.807, 2.05) is 10.9 Å². The van der Waals surface area contributed by atoms with E-state index in [2.05, 4.69) is 17.2 Å². The zero-order valence-electron chi connectivity index (χ0n) is 10.9. The fourth-order valence-electron chi connectivity index (χ4n) is 3.14. The molecule has 100 valence electrons. The predicted molar refractivity (Wildman–Crippen MR) is 66.0 cm³/mol. The monoisotopic (exact) mass is 251 g/mol. The molecule has 18 heavy (non-hydrogen) atoms. The third-order valence-electron chi connectivity index (χ3n) is 4.46. The Morgan fingerprint density at radius 1 is 1.39 bits per heavy atom. The first-order valence-electron chi connectivity index (χ1n) is 6.91. The first kappa shape index (κ1) is 12.1. The fourth-order valence-corrected chi connectivity index (χ4v) is 3.14. The molecule has 1 aliphatic carbocycles. The van der Waals surface area contributed by atoms with Crippen molar-refractivity contribution in [1.29, 1.82) is 0 Å². The normalized spacial score (nSPS) is 31.7. The zero-order chi connectivity index (χ0) is 12.6. The Morgan fingerprint density at radius 2 is 2.17 bits per heavy atom. The standard InChI is InChI=1S/C13H21N3O2/c1-10-3-2-4-11(10)16-9-12(14-15-16)13(17)5-7-18-8-6-13/h9-11,17H,2-8H2,1H3. The van der Waals surface area contributed by atoms with Gasteiger partial charge in [0.25, 0.3) is 0 Å². The van der Waals surface area contributed by atoms with Gasteiger partial charge < -0.3 is 9.84 Å². The van der Waals surface area contributed by atoms with Crippen LogP contribution in [-0.2, 0) is 10.3 Å². The van der Waals surface area contributed by atoms with Gasteiger partial charge in [-0.2, -0.15) is 0 Å². The number of rotatable bonds is 2. The molecule has 2 unspecified atom stereocenters. The second kappa shape index (κ2) is 4.63. The van der Waals surface area contributed by atoms with Crippen LogP contribution in [-0.4, -0.2) is 33.3 Å². The third-order valence-corrected chi connectivity index (χ3v) is 4.46. The van der Waals surface area contributed by atoms with E-state index in [-0.39, 0.29) is 0 Å². The van der Waals surface area contributed by atoms with Crippen molar-refractivity contribution in [3.63, 3.8) is 0 Å². The van der Waals surface area contributed by atoms with Crippen LogP contribution in [0.1, 0.15) is 50.8 Å². The Hall–Kier alpha value is -0.940. The lowest BCUT2D eigenvalue weighted by atomic mass is 9.91. The van der Waals surface area contributed by atoms with Crippen molar-refractivity contribution in [1.82, 2.24) is 15.0 Å². The topological polar surface area (TPSA) is 60.2 Å². The highest BCUT2D eigenvalue weighted by atomic mass is 16.5. The van der Waals surface area contributed by atoms with Crippen LogP contribution in [0.15, 0.2) is 6.20 Å². The van der Waals surface area contributed by atoms with Crippen LogP contribution >= 0.6 is 0 Å².